The Bertz CT molecular complexity index is 1300. The van der Waals surface area contributed by atoms with Crippen LogP contribution in [0.3, 0.4) is 0 Å². The van der Waals surface area contributed by atoms with Crippen LogP contribution in [0.1, 0.15) is 30.5 Å². The van der Waals surface area contributed by atoms with E-state index in [1.54, 1.807) is 11.1 Å². The molecule has 1 unspecified atom stereocenters. The van der Waals surface area contributed by atoms with E-state index in [4.69, 9.17) is 0 Å². The molecule has 5 rings (SSSR count). The summed E-state index contributed by atoms with van der Waals surface area (Å²) in [5.74, 6) is 0.540. The number of para-hydroxylation sites is 2. The molecule has 158 valence electrons. The molecule has 6 heteroatoms. The molecule has 0 radical (unpaired) electrons. The Labute approximate surface area is 185 Å². The van der Waals surface area contributed by atoms with Gasteiger partial charge >= 0.3 is 0 Å². The number of anilines is 1. The third kappa shape index (κ3) is 3.78. The second-order valence-corrected chi connectivity index (χ2v) is 7.82. The van der Waals surface area contributed by atoms with Gasteiger partial charge in [0, 0.05) is 24.4 Å². The van der Waals surface area contributed by atoms with Gasteiger partial charge in [-0.1, -0.05) is 36.4 Å². The fraction of sp³-hybridized carbons (Fsp3) is 0.115. The van der Waals surface area contributed by atoms with Gasteiger partial charge in [0.25, 0.3) is 0 Å². The van der Waals surface area contributed by atoms with Crippen LogP contribution in [0, 0.1) is 0 Å². The van der Waals surface area contributed by atoms with Gasteiger partial charge in [-0.3, -0.25) is 9.59 Å². The number of H-pyrrole nitrogens is 1. The Morgan fingerprint density at radius 3 is 2.53 bits per heavy atom. The molecule has 1 aliphatic heterocycles. The normalized spacial score (nSPS) is 14.9. The first-order valence-electron chi connectivity index (χ1n) is 10.5. The smallest absolute Gasteiger partial charge is 0.226 e. The monoisotopic (exact) mass is 422 g/mol. The van der Waals surface area contributed by atoms with Crippen LogP contribution in [0.4, 0.5) is 5.69 Å². The van der Waals surface area contributed by atoms with E-state index in [0.717, 1.165) is 33.5 Å². The predicted molar refractivity (Wildman–Crippen MR) is 126 cm³/mol. The number of nitrogens with zero attached hydrogens (tertiary/aromatic N) is 2. The molecule has 0 bridgehead atoms. The van der Waals surface area contributed by atoms with Gasteiger partial charge in [0.15, 0.2) is 0 Å². The van der Waals surface area contributed by atoms with E-state index < -0.39 is 0 Å². The number of nitrogens with one attached hydrogen (secondary N) is 2. The Kier molecular flexibility index (Phi) is 5.03. The summed E-state index contributed by atoms with van der Waals surface area (Å²) in [4.78, 5) is 34.5. The standard InChI is InChI=1S/C26H22N4O2/c1-17(31)30-15-14-18-6-2-3-7-21(18)24(30)16-25(32)27-20-12-10-19(11-13-20)26-28-22-8-4-5-9-23(22)29-26/h2-15,24H,16H2,1H3,(H,27,32)(H,28,29). The maximum atomic E-state index is 12.8. The van der Waals surface area contributed by atoms with E-state index in [1.165, 1.54) is 6.92 Å². The highest BCUT2D eigenvalue weighted by Gasteiger charge is 2.28. The lowest BCUT2D eigenvalue weighted by molar-refractivity contribution is -0.129. The number of carbonyl (C=O) groups excluding carboxylic acids is 2. The number of aromatic amines is 1. The first-order chi connectivity index (χ1) is 15.6. The summed E-state index contributed by atoms with van der Waals surface area (Å²) in [6, 6.07) is 23.0. The number of hydrogen-bond donors (Lipinski definition) is 2. The Morgan fingerprint density at radius 2 is 1.75 bits per heavy atom. The number of amides is 2. The number of rotatable bonds is 4. The van der Waals surface area contributed by atoms with Crippen molar-refractivity contribution in [1.29, 1.82) is 0 Å². The second-order valence-electron chi connectivity index (χ2n) is 7.82. The van der Waals surface area contributed by atoms with Crippen molar-refractivity contribution in [3.8, 4) is 11.4 Å². The molecular weight excluding hydrogens is 400 g/mol. The number of benzene rings is 3. The molecule has 0 spiro atoms. The molecule has 1 aromatic heterocycles. The summed E-state index contributed by atoms with van der Waals surface area (Å²) >= 11 is 0. The van der Waals surface area contributed by atoms with Crippen LogP contribution < -0.4 is 5.32 Å². The van der Waals surface area contributed by atoms with Crippen molar-refractivity contribution in [2.75, 3.05) is 5.32 Å². The molecule has 1 aliphatic rings. The maximum absolute atomic E-state index is 12.8. The van der Waals surface area contributed by atoms with Crippen molar-refractivity contribution in [1.82, 2.24) is 14.9 Å². The summed E-state index contributed by atoms with van der Waals surface area (Å²) in [5.41, 5.74) is 5.53. The molecule has 6 nitrogen and oxygen atoms in total. The Morgan fingerprint density at radius 1 is 1.00 bits per heavy atom. The van der Waals surface area contributed by atoms with Crippen molar-refractivity contribution >= 4 is 34.6 Å². The number of fused-ring (bicyclic) bond motifs is 2. The zero-order valence-electron chi connectivity index (χ0n) is 17.6. The average Bonchev–Trinajstić information content (AvgIpc) is 3.24. The van der Waals surface area contributed by atoms with Crippen molar-refractivity contribution in [2.24, 2.45) is 0 Å². The van der Waals surface area contributed by atoms with Gasteiger partial charge < -0.3 is 15.2 Å². The van der Waals surface area contributed by atoms with E-state index in [2.05, 4.69) is 15.3 Å². The molecule has 1 atom stereocenters. The van der Waals surface area contributed by atoms with Gasteiger partial charge in [-0.15, -0.1) is 0 Å². The molecule has 3 aromatic carbocycles. The van der Waals surface area contributed by atoms with Crippen molar-refractivity contribution in [3.63, 3.8) is 0 Å². The summed E-state index contributed by atoms with van der Waals surface area (Å²) in [6.07, 6.45) is 3.83. The Hall–Kier alpha value is -4.19. The van der Waals surface area contributed by atoms with E-state index in [9.17, 15) is 9.59 Å². The predicted octanol–water partition coefficient (Wildman–Crippen LogP) is 5.13. The average molecular weight is 422 g/mol. The fourth-order valence-corrected chi connectivity index (χ4v) is 4.10. The molecule has 0 fully saturated rings. The highest BCUT2D eigenvalue weighted by Crippen LogP contribution is 2.33. The number of imidazole rings is 1. The van der Waals surface area contributed by atoms with E-state index in [-0.39, 0.29) is 24.3 Å². The molecule has 0 saturated carbocycles. The highest BCUT2D eigenvalue weighted by atomic mass is 16.2. The zero-order chi connectivity index (χ0) is 22.1. The van der Waals surface area contributed by atoms with Crippen molar-refractivity contribution in [3.05, 3.63) is 90.1 Å². The third-order valence-electron chi connectivity index (χ3n) is 5.68. The molecule has 0 saturated heterocycles. The lowest BCUT2D eigenvalue weighted by Gasteiger charge is -2.32. The summed E-state index contributed by atoms with van der Waals surface area (Å²) in [6.45, 7) is 1.51. The largest absolute Gasteiger partial charge is 0.338 e. The molecular formula is C26H22N4O2. The molecule has 32 heavy (non-hydrogen) atoms. The van der Waals surface area contributed by atoms with Crippen LogP contribution in [-0.4, -0.2) is 26.7 Å². The first-order valence-corrected chi connectivity index (χ1v) is 10.5. The number of aromatic nitrogens is 2. The first kappa shape index (κ1) is 19.8. The third-order valence-corrected chi connectivity index (χ3v) is 5.68. The Balaban J connectivity index is 1.31. The van der Waals surface area contributed by atoms with Gasteiger partial charge in [0.05, 0.1) is 23.5 Å². The lowest BCUT2D eigenvalue weighted by Crippen LogP contribution is -2.33. The molecule has 2 N–H and O–H groups in total. The van der Waals surface area contributed by atoms with E-state index in [1.807, 2.05) is 78.9 Å². The highest BCUT2D eigenvalue weighted by molar-refractivity contribution is 5.92. The lowest BCUT2D eigenvalue weighted by atomic mass is 9.93. The van der Waals surface area contributed by atoms with Crippen molar-refractivity contribution < 1.29 is 9.59 Å². The van der Waals surface area contributed by atoms with Crippen LogP contribution in [0.15, 0.2) is 79.0 Å². The van der Waals surface area contributed by atoms with Crippen LogP contribution in [0.5, 0.6) is 0 Å². The van der Waals surface area contributed by atoms with Crippen LogP contribution in [-0.2, 0) is 9.59 Å². The zero-order valence-corrected chi connectivity index (χ0v) is 17.6. The summed E-state index contributed by atoms with van der Waals surface area (Å²) in [5, 5.41) is 2.95. The molecule has 2 heterocycles. The second kappa shape index (κ2) is 8.15. The van der Waals surface area contributed by atoms with Gasteiger partial charge in [0.2, 0.25) is 11.8 Å². The van der Waals surface area contributed by atoms with Crippen LogP contribution >= 0.6 is 0 Å². The molecule has 4 aromatic rings. The van der Waals surface area contributed by atoms with Gasteiger partial charge in [-0.2, -0.15) is 0 Å². The van der Waals surface area contributed by atoms with Crippen molar-refractivity contribution in [2.45, 2.75) is 19.4 Å². The minimum Gasteiger partial charge on any atom is -0.338 e. The molecule has 2 amide bonds. The number of carbonyl (C=O) groups is 2. The SMILES string of the molecule is CC(=O)N1C=Cc2ccccc2C1CC(=O)Nc1ccc(-c2nc3ccccc3[nH]2)cc1. The van der Waals surface area contributed by atoms with E-state index >= 15 is 0 Å². The minimum atomic E-state index is -0.330. The quantitative estimate of drug-likeness (QED) is 0.478. The van der Waals surface area contributed by atoms with E-state index in [0.29, 0.717) is 5.69 Å². The number of hydrogen-bond acceptors (Lipinski definition) is 3. The topological polar surface area (TPSA) is 78.1 Å². The van der Waals surface area contributed by atoms with Gasteiger partial charge in [0.1, 0.15) is 5.82 Å². The summed E-state index contributed by atoms with van der Waals surface area (Å²) in [7, 11) is 0. The minimum absolute atomic E-state index is 0.0938. The molecule has 0 aliphatic carbocycles. The maximum Gasteiger partial charge on any atom is 0.226 e. The van der Waals surface area contributed by atoms with Crippen LogP contribution in [0.2, 0.25) is 0 Å². The fourth-order valence-electron chi connectivity index (χ4n) is 4.10. The summed E-state index contributed by atoms with van der Waals surface area (Å²) < 4.78 is 0. The van der Waals surface area contributed by atoms with Gasteiger partial charge in [-0.05, 0) is 53.6 Å². The van der Waals surface area contributed by atoms with Crippen LogP contribution in [0.25, 0.3) is 28.5 Å². The van der Waals surface area contributed by atoms with Gasteiger partial charge in [-0.25, -0.2) is 4.98 Å².